The van der Waals surface area contributed by atoms with Crippen LogP contribution in [0.2, 0.25) is 0 Å². The van der Waals surface area contributed by atoms with Gasteiger partial charge in [-0.25, -0.2) is 13.1 Å². The van der Waals surface area contributed by atoms with E-state index in [1.54, 1.807) is 24.3 Å². The van der Waals surface area contributed by atoms with Crippen LogP contribution < -0.4 is 15.8 Å². The molecule has 1 unspecified atom stereocenters. The quantitative estimate of drug-likeness (QED) is 0.646. The summed E-state index contributed by atoms with van der Waals surface area (Å²) in [5, 5.41) is 2.58. The molecule has 7 heteroatoms. The summed E-state index contributed by atoms with van der Waals surface area (Å²) < 4.78 is 26.2. The number of benzene rings is 1. The third-order valence-electron chi connectivity index (χ3n) is 2.66. The van der Waals surface area contributed by atoms with E-state index in [2.05, 4.69) is 10.0 Å². The largest absolute Gasteiger partial charge is 0.399 e. The molecule has 1 aliphatic rings. The van der Waals surface area contributed by atoms with Gasteiger partial charge in [-0.1, -0.05) is 12.1 Å². The Kier molecular flexibility index (Phi) is 3.53. The fourth-order valence-electron chi connectivity index (χ4n) is 1.82. The van der Waals surface area contributed by atoms with Crippen molar-refractivity contribution in [2.45, 2.75) is 18.2 Å². The molecule has 0 saturated carbocycles. The van der Waals surface area contributed by atoms with Gasteiger partial charge in [0, 0.05) is 24.7 Å². The first-order valence-electron chi connectivity index (χ1n) is 5.56. The molecule has 0 aliphatic carbocycles. The SMILES string of the molecule is Nc1ccc(CS(=O)(=O)NC2CNC(=O)C2)cc1. The summed E-state index contributed by atoms with van der Waals surface area (Å²) in [6.07, 6.45) is 0.195. The van der Waals surface area contributed by atoms with Gasteiger partial charge in [0.25, 0.3) is 0 Å². The average molecular weight is 269 g/mol. The predicted molar refractivity (Wildman–Crippen MR) is 68.0 cm³/mol. The molecule has 1 aromatic rings. The van der Waals surface area contributed by atoms with Gasteiger partial charge in [-0.15, -0.1) is 0 Å². The van der Waals surface area contributed by atoms with Crippen molar-refractivity contribution in [3.8, 4) is 0 Å². The molecule has 6 nitrogen and oxygen atoms in total. The summed E-state index contributed by atoms with van der Waals surface area (Å²) in [5.74, 6) is -0.243. The van der Waals surface area contributed by atoms with E-state index in [9.17, 15) is 13.2 Å². The maximum absolute atomic E-state index is 11.9. The van der Waals surface area contributed by atoms with Crippen LogP contribution in [0.4, 0.5) is 5.69 Å². The zero-order valence-corrected chi connectivity index (χ0v) is 10.5. The number of sulfonamides is 1. The number of hydrogen-bond acceptors (Lipinski definition) is 4. The Balaban J connectivity index is 1.99. The van der Waals surface area contributed by atoms with Crippen molar-refractivity contribution < 1.29 is 13.2 Å². The third kappa shape index (κ3) is 3.44. The molecular weight excluding hydrogens is 254 g/mol. The van der Waals surface area contributed by atoms with E-state index in [0.717, 1.165) is 0 Å². The Bertz CT molecular complexity index is 539. The van der Waals surface area contributed by atoms with Crippen LogP contribution in [-0.2, 0) is 20.6 Å². The van der Waals surface area contributed by atoms with Crippen molar-refractivity contribution in [3.63, 3.8) is 0 Å². The lowest BCUT2D eigenvalue weighted by atomic mass is 10.2. The molecular formula is C11H15N3O3S. The Morgan fingerprint density at radius 2 is 2.00 bits per heavy atom. The van der Waals surface area contributed by atoms with E-state index >= 15 is 0 Å². The molecule has 1 fully saturated rings. The van der Waals surface area contributed by atoms with Crippen molar-refractivity contribution in [2.24, 2.45) is 0 Å². The Hall–Kier alpha value is -1.60. The van der Waals surface area contributed by atoms with Crippen molar-refractivity contribution in [3.05, 3.63) is 29.8 Å². The van der Waals surface area contributed by atoms with E-state index in [4.69, 9.17) is 5.73 Å². The van der Waals surface area contributed by atoms with Crippen LogP contribution in [0.1, 0.15) is 12.0 Å². The molecule has 98 valence electrons. The maximum Gasteiger partial charge on any atom is 0.221 e. The van der Waals surface area contributed by atoms with Crippen LogP contribution >= 0.6 is 0 Å². The molecule has 1 saturated heterocycles. The summed E-state index contributed by atoms with van der Waals surface area (Å²) in [7, 11) is -3.44. The van der Waals surface area contributed by atoms with Crippen LogP contribution in [0.25, 0.3) is 0 Å². The van der Waals surface area contributed by atoms with E-state index in [1.165, 1.54) is 0 Å². The number of carbonyl (C=O) groups excluding carboxylic acids is 1. The van der Waals surface area contributed by atoms with Gasteiger partial charge < -0.3 is 11.1 Å². The molecule has 4 N–H and O–H groups in total. The number of nitrogens with one attached hydrogen (secondary N) is 2. The molecule has 2 rings (SSSR count). The summed E-state index contributed by atoms with van der Waals surface area (Å²) in [5.41, 5.74) is 6.78. The molecule has 0 aromatic heterocycles. The highest BCUT2D eigenvalue weighted by atomic mass is 32.2. The maximum atomic E-state index is 11.9. The normalized spacial score (nSPS) is 19.8. The standard InChI is InChI=1S/C11H15N3O3S/c12-9-3-1-8(2-4-9)7-18(16,17)14-10-5-11(15)13-6-10/h1-4,10,14H,5-7,12H2,(H,13,15). The minimum Gasteiger partial charge on any atom is -0.399 e. The smallest absolute Gasteiger partial charge is 0.221 e. The average Bonchev–Trinajstić information content (AvgIpc) is 2.66. The highest BCUT2D eigenvalue weighted by Gasteiger charge is 2.25. The van der Waals surface area contributed by atoms with Crippen molar-refractivity contribution in [2.75, 3.05) is 12.3 Å². The van der Waals surface area contributed by atoms with E-state index in [1.807, 2.05) is 0 Å². The van der Waals surface area contributed by atoms with Crippen LogP contribution in [0.5, 0.6) is 0 Å². The van der Waals surface area contributed by atoms with Gasteiger partial charge >= 0.3 is 0 Å². The minimum atomic E-state index is -3.44. The molecule has 18 heavy (non-hydrogen) atoms. The number of carbonyl (C=O) groups is 1. The molecule has 0 spiro atoms. The molecule has 0 radical (unpaired) electrons. The van der Waals surface area contributed by atoms with E-state index in [-0.39, 0.29) is 24.1 Å². The topological polar surface area (TPSA) is 101 Å². The van der Waals surface area contributed by atoms with Crippen LogP contribution in [-0.4, -0.2) is 26.9 Å². The molecule has 1 aromatic carbocycles. The second-order valence-electron chi connectivity index (χ2n) is 4.32. The van der Waals surface area contributed by atoms with Gasteiger partial charge in [-0.05, 0) is 17.7 Å². The number of rotatable bonds is 4. The third-order valence-corrected chi connectivity index (χ3v) is 4.07. The second-order valence-corrected chi connectivity index (χ2v) is 6.08. The van der Waals surface area contributed by atoms with Gasteiger partial charge in [0.1, 0.15) is 0 Å². The van der Waals surface area contributed by atoms with Gasteiger partial charge in [0.05, 0.1) is 5.75 Å². The lowest BCUT2D eigenvalue weighted by Gasteiger charge is -2.11. The lowest BCUT2D eigenvalue weighted by Crippen LogP contribution is -2.36. The summed E-state index contributed by atoms with van der Waals surface area (Å²) in [6.45, 7) is 0.347. The number of hydrogen-bond donors (Lipinski definition) is 3. The molecule has 1 heterocycles. The van der Waals surface area contributed by atoms with E-state index < -0.39 is 10.0 Å². The highest BCUT2D eigenvalue weighted by Crippen LogP contribution is 2.10. The predicted octanol–water partition coefficient (Wildman–Crippen LogP) is -0.423. The zero-order valence-electron chi connectivity index (χ0n) is 9.72. The molecule has 1 aliphatic heterocycles. The minimum absolute atomic E-state index is 0.113. The van der Waals surface area contributed by atoms with Gasteiger partial charge in [-0.2, -0.15) is 0 Å². The number of nitrogen functional groups attached to an aromatic ring is 1. The number of amides is 1. The zero-order chi connectivity index (χ0) is 13.2. The number of nitrogens with two attached hydrogens (primary N) is 1. The van der Waals surface area contributed by atoms with Crippen LogP contribution in [0.15, 0.2) is 24.3 Å². The van der Waals surface area contributed by atoms with E-state index in [0.29, 0.717) is 17.8 Å². The van der Waals surface area contributed by atoms with Crippen LogP contribution in [0.3, 0.4) is 0 Å². The number of anilines is 1. The fourth-order valence-corrected chi connectivity index (χ4v) is 3.21. The summed E-state index contributed by atoms with van der Waals surface area (Å²) in [4.78, 5) is 11.0. The fraction of sp³-hybridized carbons (Fsp3) is 0.364. The van der Waals surface area contributed by atoms with Crippen molar-refractivity contribution >= 4 is 21.6 Å². The Labute approximate surface area is 106 Å². The van der Waals surface area contributed by atoms with Crippen molar-refractivity contribution in [1.82, 2.24) is 10.0 Å². The monoisotopic (exact) mass is 269 g/mol. The molecule has 1 amide bonds. The lowest BCUT2D eigenvalue weighted by molar-refractivity contribution is -0.119. The first-order valence-corrected chi connectivity index (χ1v) is 7.21. The van der Waals surface area contributed by atoms with Gasteiger partial charge in [0.15, 0.2) is 0 Å². The van der Waals surface area contributed by atoms with Crippen LogP contribution in [0, 0.1) is 0 Å². The molecule has 1 atom stereocenters. The van der Waals surface area contributed by atoms with Gasteiger partial charge in [0.2, 0.25) is 15.9 Å². The van der Waals surface area contributed by atoms with Gasteiger partial charge in [-0.3, -0.25) is 4.79 Å². The molecule has 0 bridgehead atoms. The first kappa shape index (κ1) is 12.8. The Morgan fingerprint density at radius 1 is 1.33 bits per heavy atom. The summed E-state index contributed by atoms with van der Waals surface area (Å²) >= 11 is 0. The first-order chi connectivity index (χ1) is 8.44. The second kappa shape index (κ2) is 4.95. The van der Waals surface area contributed by atoms with Crippen molar-refractivity contribution in [1.29, 1.82) is 0 Å². The highest BCUT2D eigenvalue weighted by molar-refractivity contribution is 7.88. The summed E-state index contributed by atoms with van der Waals surface area (Å²) in [6, 6.07) is 6.31. The Morgan fingerprint density at radius 3 is 2.56 bits per heavy atom.